The molecule has 0 aliphatic rings. The Balaban J connectivity index is 1.78. The summed E-state index contributed by atoms with van der Waals surface area (Å²) in [7, 11) is 0. The summed E-state index contributed by atoms with van der Waals surface area (Å²) in [5.74, 6) is -1.63. The van der Waals surface area contributed by atoms with Crippen LogP contribution in [0.15, 0.2) is 52.5 Å². The highest BCUT2D eigenvalue weighted by Gasteiger charge is 2.49. The molecule has 0 bridgehead atoms. The Morgan fingerprint density at radius 2 is 1.73 bits per heavy atom. The predicted octanol–water partition coefficient (Wildman–Crippen LogP) is 4.00. The molecule has 0 saturated carbocycles. The van der Waals surface area contributed by atoms with E-state index in [-0.39, 0.29) is 19.6 Å². The zero-order chi connectivity index (χ0) is 23.8. The zero-order valence-electron chi connectivity index (χ0n) is 18.8. The highest BCUT2D eigenvalue weighted by molar-refractivity contribution is 7.13. The zero-order valence-corrected chi connectivity index (χ0v) is 19.6. The van der Waals surface area contributed by atoms with Gasteiger partial charge in [-0.3, -0.25) is 4.79 Å². The number of benzene rings is 1. The van der Waals surface area contributed by atoms with Gasteiger partial charge >= 0.3 is 11.9 Å². The van der Waals surface area contributed by atoms with E-state index in [4.69, 9.17) is 13.9 Å². The molecule has 0 aliphatic carbocycles. The quantitative estimate of drug-likeness (QED) is 0.352. The van der Waals surface area contributed by atoms with Crippen molar-refractivity contribution in [3.8, 4) is 22.0 Å². The van der Waals surface area contributed by atoms with Crippen LogP contribution in [0.5, 0.6) is 0 Å². The van der Waals surface area contributed by atoms with Crippen LogP contribution in [0.2, 0.25) is 0 Å². The lowest BCUT2D eigenvalue weighted by molar-refractivity contribution is -0.168. The number of hydrogen-bond donors (Lipinski definition) is 1. The molecular weight excluding hydrogens is 444 g/mol. The summed E-state index contributed by atoms with van der Waals surface area (Å²) in [5, 5.41) is 4.44. The van der Waals surface area contributed by atoms with E-state index in [9.17, 15) is 14.4 Å². The van der Waals surface area contributed by atoms with Gasteiger partial charge in [0.15, 0.2) is 0 Å². The second-order valence-corrected chi connectivity index (χ2v) is 8.19. The van der Waals surface area contributed by atoms with Gasteiger partial charge in [-0.2, -0.15) is 0 Å². The Hall–Kier alpha value is -3.46. The Kier molecular flexibility index (Phi) is 8.00. The van der Waals surface area contributed by atoms with Crippen molar-refractivity contribution in [2.24, 2.45) is 0 Å². The average Bonchev–Trinajstić information content (AvgIpc) is 3.49. The molecule has 9 heteroatoms. The summed E-state index contributed by atoms with van der Waals surface area (Å²) in [5.41, 5.74) is 0.534. The van der Waals surface area contributed by atoms with Crippen molar-refractivity contribution in [3.05, 3.63) is 53.6 Å². The molecule has 2 aromatic heterocycles. The number of amides is 1. The van der Waals surface area contributed by atoms with E-state index in [0.717, 1.165) is 16.0 Å². The second kappa shape index (κ2) is 10.9. The number of nitrogens with one attached hydrogen (secondary N) is 1. The summed E-state index contributed by atoms with van der Waals surface area (Å²) in [6.45, 7) is 4.64. The minimum Gasteiger partial charge on any atom is -0.464 e. The molecule has 8 nitrogen and oxygen atoms in total. The molecule has 0 fully saturated rings. The molecule has 0 atom stereocenters. The number of thiophene rings is 1. The molecule has 1 aromatic carbocycles. The maximum absolute atomic E-state index is 12.7. The highest BCUT2D eigenvalue weighted by atomic mass is 32.1. The normalized spacial score (nSPS) is 11.1. The number of aromatic nitrogens is 1. The van der Waals surface area contributed by atoms with E-state index in [0.29, 0.717) is 18.0 Å². The van der Waals surface area contributed by atoms with E-state index in [2.05, 4.69) is 10.3 Å². The smallest absolute Gasteiger partial charge is 0.343 e. The molecule has 0 radical (unpaired) electrons. The third kappa shape index (κ3) is 5.67. The Morgan fingerprint density at radius 3 is 2.27 bits per heavy atom. The number of ether oxygens (including phenoxy) is 2. The van der Waals surface area contributed by atoms with E-state index in [1.165, 1.54) is 6.92 Å². The summed E-state index contributed by atoms with van der Waals surface area (Å²) < 4.78 is 15.8. The molecule has 3 aromatic rings. The standard InChI is InChI=1S/C24H26N2O6S/c1-4-30-22(28)24(26-16(3)27,23(29)31-5-2)13-12-17-8-10-18(11-9-17)19-15-32-21(25-19)20-7-6-14-33-20/h6-11,14-15H,4-5,12-13H2,1-3H3,(H,26,27). The van der Waals surface area contributed by atoms with Gasteiger partial charge in [0.25, 0.3) is 0 Å². The van der Waals surface area contributed by atoms with E-state index >= 15 is 0 Å². The van der Waals surface area contributed by atoms with Crippen LogP contribution in [0.1, 0.15) is 32.8 Å². The topological polar surface area (TPSA) is 108 Å². The van der Waals surface area contributed by atoms with Gasteiger partial charge in [-0.1, -0.05) is 30.3 Å². The van der Waals surface area contributed by atoms with Gasteiger partial charge in [-0.25, -0.2) is 14.6 Å². The fraction of sp³-hybridized carbons (Fsp3) is 0.333. The van der Waals surface area contributed by atoms with Crippen molar-refractivity contribution in [1.82, 2.24) is 10.3 Å². The van der Waals surface area contributed by atoms with Crippen molar-refractivity contribution >= 4 is 29.2 Å². The highest BCUT2D eigenvalue weighted by Crippen LogP contribution is 2.28. The van der Waals surface area contributed by atoms with Gasteiger partial charge in [0.2, 0.25) is 17.3 Å². The van der Waals surface area contributed by atoms with Crippen LogP contribution in [-0.4, -0.2) is 41.6 Å². The van der Waals surface area contributed by atoms with Gasteiger partial charge in [-0.05, 0) is 43.7 Å². The van der Waals surface area contributed by atoms with Crippen molar-refractivity contribution in [3.63, 3.8) is 0 Å². The van der Waals surface area contributed by atoms with E-state index in [1.807, 2.05) is 41.8 Å². The number of hydrogen-bond acceptors (Lipinski definition) is 8. The molecule has 0 spiro atoms. The van der Waals surface area contributed by atoms with E-state index in [1.54, 1.807) is 31.4 Å². The number of carbonyl (C=O) groups is 3. The summed E-state index contributed by atoms with van der Waals surface area (Å²) in [6.07, 6.45) is 1.93. The minimum atomic E-state index is -1.90. The summed E-state index contributed by atoms with van der Waals surface area (Å²) in [4.78, 5) is 42.8. The van der Waals surface area contributed by atoms with Crippen molar-refractivity contribution in [1.29, 1.82) is 0 Å². The largest absolute Gasteiger partial charge is 0.464 e. The van der Waals surface area contributed by atoms with Crippen LogP contribution in [0.4, 0.5) is 0 Å². The second-order valence-electron chi connectivity index (χ2n) is 7.24. The first-order chi connectivity index (χ1) is 15.9. The lowest BCUT2D eigenvalue weighted by Crippen LogP contribution is -2.61. The Bertz CT molecular complexity index is 1070. The number of rotatable bonds is 10. The fourth-order valence-electron chi connectivity index (χ4n) is 3.35. The molecule has 3 rings (SSSR count). The van der Waals surface area contributed by atoms with Gasteiger partial charge in [-0.15, -0.1) is 11.3 Å². The Labute approximate surface area is 195 Å². The fourth-order valence-corrected chi connectivity index (χ4v) is 4.01. The van der Waals surface area contributed by atoms with Crippen LogP contribution >= 0.6 is 11.3 Å². The van der Waals surface area contributed by atoms with Gasteiger partial charge in [0.1, 0.15) is 12.0 Å². The number of carbonyl (C=O) groups excluding carboxylic acids is 3. The van der Waals surface area contributed by atoms with Gasteiger partial charge in [0.05, 0.1) is 18.1 Å². The predicted molar refractivity (Wildman–Crippen MR) is 123 cm³/mol. The number of nitrogens with zero attached hydrogens (tertiary/aromatic N) is 1. The van der Waals surface area contributed by atoms with Crippen LogP contribution in [0.3, 0.4) is 0 Å². The van der Waals surface area contributed by atoms with Crippen LogP contribution in [0.25, 0.3) is 22.0 Å². The first-order valence-electron chi connectivity index (χ1n) is 10.6. The molecule has 33 heavy (non-hydrogen) atoms. The monoisotopic (exact) mass is 470 g/mol. The SMILES string of the molecule is CCOC(=O)C(CCc1ccc(-c2coc(-c3cccs3)n2)cc1)(NC(C)=O)C(=O)OCC. The lowest BCUT2D eigenvalue weighted by Gasteiger charge is -2.29. The molecule has 1 amide bonds. The molecule has 2 heterocycles. The lowest BCUT2D eigenvalue weighted by atomic mass is 9.90. The van der Waals surface area contributed by atoms with Crippen LogP contribution in [0, 0.1) is 0 Å². The van der Waals surface area contributed by atoms with Crippen LogP contribution < -0.4 is 5.32 Å². The third-order valence-corrected chi connectivity index (χ3v) is 5.77. The van der Waals surface area contributed by atoms with Gasteiger partial charge < -0.3 is 19.2 Å². The maximum atomic E-state index is 12.7. The first kappa shape index (κ1) is 24.2. The average molecular weight is 471 g/mol. The number of oxazole rings is 1. The maximum Gasteiger partial charge on any atom is 0.343 e. The molecule has 0 unspecified atom stereocenters. The molecule has 174 valence electrons. The summed E-state index contributed by atoms with van der Waals surface area (Å²) in [6, 6.07) is 11.4. The number of esters is 2. The van der Waals surface area contributed by atoms with Crippen molar-refractivity contribution < 1.29 is 28.3 Å². The molecule has 0 aliphatic heterocycles. The third-order valence-electron chi connectivity index (χ3n) is 4.91. The van der Waals surface area contributed by atoms with Crippen LogP contribution in [-0.2, 0) is 30.3 Å². The van der Waals surface area contributed by atoms with E-state index < -0.39 is 23.4 Å². The van der Waals surface area contributed by atoms with Crippen molar-refractivity contribution in [2.45, 2.75) is 39.2 Å². The van der Waals surface area contributed by atoms with Gasteiger partial charge in [0, 0.05) is 12.5 Å². The molecule has 0 saturated heterocycles. The first-order valence-corrected chi connectivity index (χ1v) is 11.5. The molecular formula is C24H26N2O6S. The number of aryl methyl sites for hydroxylation is 1. The summed E-state index contributed by atoms with van der Waals surface area (Å²) >= 11 is 1.55. The van der Waals surface area contributed by atoms with Crippen molar-refractivity contribution in [2.75, 3.05) is 13.2 Å². The minimum absolute atomic E-state index is 0.00389. The molecule has 1 N–H and O–H groups in total. The Morgan fingerprint density at radius 1 is 1.06 bits per heavy atom.